The van der Waals surface area contributed by atoms with E-state index in [2.05, 4.69) is 5.32 Å². The largest absolute Gasteiger partial charge is 0.337 e. The number of hydrogen-bond acceptors (Lipinski definition) is 3. The Bertz CT molecular complexity index is 810. The number of halogens is 1. The van der Waals surface area contributed by atoms with E-state index in [1.807, 2.05) is 0 Å². The smallest absolute Gasteiger partial charge is 0.317 e. The van der Waals surface area contributed by atoms with Gasteiger partial charge in [0.25, 0.3) is 0 Å². The van der Waals surface area contributed by atoms with Crippen molar-refractivity contribution in [3.63, 3.8) is 0 Å². The maximum absolute atomic E-state index is 13.2. The van der Waals surface area contributed by atoms with Crippen LogP contribution in [0.2, 0.25) is 0 Å². The van der Waals surface area contributed by atoms with Gasteiger partial charge in [-0.15, -0.1) is 0 Å². The Morgan fingerprint density at radius 3 is 2.48 bits per heavy atom. The zero-order chi connectivity index (χ0) is 18.3. The van der Waals surface area contributed by atoms with E-state index in [0.29, 0.717) is 12.1 Å². The monoisotopic (exact) mass is 364 g/mol. The Kier molecular flexibility index (Phi) is 6.52. The quantitative estimate of drug-likeness (QED) is 0.822. The van der Waals surface area contributed by atoms with Crippen molar-refractivity contribution in [2.45, 2.75) is 18.4 Å². The maximum atomic E-state index is 13.2. The molecule has 1 N–H and O–H groups in total. The van der Waals surface area contributed by atoms with E-state index in [9.17, 15) is 17.6 Å². The lowest BCUT2D eigenvalue weighted by atomic mass is 10.2. The first-order valence-electron chi connectivity index (χ1n) is 7.97. The minimum Gasteiger partial charge on any atom is -0.337 e. The Morgan fingerprint density at radius 2 is 1.84 bits per heavy atom. The molecule has 0 spiro atoms. The van der Waals surface area contributed by atoms with Crippen LogP contribution in [0, 0.1) is 5.82 Å². The van der Waals surface area contributed by atoms with Crippen molar-refractivity contribution in [2.24, 2.45) is 0 Å². The van der Waals surface area contributed by atoms with E-state index < -0.39 is 9.84 Å². The van der Waals surface area contributed by atoms with Crippen LogP contribution < -0.4 is 5.32 Å². The highest BCUT2D eigenvalue weighted by Gasteiger charge is 2.16. The second-order valence-electron chi connectivity index (χ2n) is 5.51. The summed E-state index contributed by atoms with van der Waals surface area (Å²) in [5.41, 5.74) is 0.675. The number of amides is 2. The third kappa shape index (κ3) is 5.56. The molecule has 7 heteroatoms. The van der Waals surface area contributed by atoms with Gasteiger partial charge in [-0.1, -0.05) is 30.3 Å². The maximum Gasteiger partial charge on any atom is 0.317 e. The minimum atomic E-state index is -3.44. The number of nitrogens with zero attached hydrogens (tertiary/aromatic N) is 1. The highest BCUT2D eigenvalue weighted by atomic mass is 32.2. The van der Waals surface area contributed by atoms with Gasteiger partial charge in [0.15, 0.2) is 9.84 Å². The summed E-state index contributed by atoms with van der Waals surface area (Å²) in [6.45, 7) is 2.49. The minimum absolute atomic E-state index is 0.00963. The van der Waals surface area contributed by atoms with E-state index in [1.165, 1.54) is 29.2 Å². The molecule has 2 amide bonds. The van der Waals surface area contributed by atoms with Gasteiger partial charge in [0.05, 0.1) is 10.6 Å². The molecule has 0 atom stereocenters. The van der Waals surface area contributed by atoms with Crippen LogP contribution >= 0.6 is 0 Å². The average molecular weight is 364 g/mol. The lowest BCUT2D eigenvalue weighted by molar-refractivity contribution is 0.198. The molecule has 5 nitrogen and oxygen atoms in total. The fourth-order valence-corrected chi connectivity index (χ4v) is 3.51. The predicted octanol–water partition coefficient (Wildman–Crippen LogP) is 2.83. The molecule has 0 saturated carbocycles. The summed E-state index contributed by atoms with van der Waals surface area (Å²) in [5, 5.41) is 2.61. The summed E-state index contributed by atoms with van der Waals surface area (Å²) in [6.07, 6.45) is 0. The van der Waals surface area contributed by atoms with E-state index in [4.69, 9.17) is 0 Å². The molecule has 2 rings (SSSR count). The summed E-state index contributed by atoms with van der Waals surface area (Å²) < 4.78 is 37.6. The lowest BCUT2D eigenvalue weighted by Crippen LogP contribution is -2.41. The zero-order valence-electron chi connectivity index (χ0n) is 14.0. The van der Waals surface area contributed by atoms with Gasteiger partial charge in [0.2, 0.25) is 0 Å². The molecule has 2 aromatic carbocycles. The summed E-state index contributed by atoms with van der Waals surface area (Å²) in [5.74, 6) is -0.539. The molecule has 2 aromatic rings. The molecule has 0 radical (unpaired) electrons. The summed E-state index contributed by atoms with van der Waals surface area (Å²) in [4.78, 5) is 13.9. The van der Waals surface area contributed by atoms with Crippen molar-refractivity contribution in [3.8, 4) is 0 Å². The van der Waals surface area contributed by atoms with Crippen molar-refractivity contribution in [2.75, 3.05) is 18.8 Å². The number of nitrogens with one attached hydrogen (secondary N) is 1. The van der Waals surface area contributed by atoms with E-state index >= 15 is 0 Å². The van der Waals surface area contributed by atoms with Gasteiger partial charge in [0, 0.05) is 19.6 Å². The normalized spacial score (nSPS) is 11.1. The molecule has 0 aliphatic heterocycles. The highest BCUT2D eigenvalue weighted by molar-refractivity contribution is 7.91. The standard InChI is InChI=1S/C18H21FN2O3S/c1-2-21(14-15-7-6-8-16(19)13-15)18(22)20-11-12-25(23,24)17-9-4-3-5-10-17/h3-10,13H,2,11-12,14H2,1H3,(H,20,22). The van der Waals surface area contributed by atoms with Crippen LogP contribution in [0.4, 0.5) is 9.18 Å². The van der Waals surface area contributed by atoms with E-state index in [1.54, 1.807) is 37.3 Å². The summed E-state index contributed by atoms with van der Waals surface area (Å²) in [7, 11) is -3.44. The number of benzene rings is 2. The molecule has 0 bridgehead atoms. The molecule has 0 unspecified atom stereocenters. The number of hydrogen-bond donors (Lipinski definition) is 1. The molecule has 0 fully saturated rings. The Morgan fingerprint density at radius 1 is 1.12 bits per heavy atom. The van der Waals surface area contributed by atoms with Crippen LogP contribution in [0.5, 0.6) is 0 Å². The van der Waals surface area contributed by atoms with Crippen molar-refractivity contribution in [1.29, 1.82) is 0 Å². The second kappa shape index (κ2) is 8.62. The van der Waals surface area contributed by atoms with Gasteiger partial charge in [-0.05, 0) is 36.8 Å². The van der Waals surface area contributed by atoms with E-state index in [0.717, 1.165) is 0 Å². The fourth-order valence-electron chi connectivity index (χ4n) is 2.33. The molecule has 0 heterocycles. The van der Waals surface area contributed by atoms with Crippen molar-refractivity contribution >= 4 is 15.9 Å². The Labute approximate surface area is 147 Å². The third-order valence-electron chi connectivity index (χ3n) is 3.68. The predicted molar refractivity (Wildman–Crippen MR) is 94.4 cm³/mol. The Hall–Kier alpha value is -2.41. The highest BCUT2D eigenvalue weighted by Crippen LogP contribution is 2.10. The number of sulfone groups is 1. The van der Waals surface area contributed by atoms with Crippen LogP contribution in [0.15, 0.2) is 59.5 Å². The first-order chi connectivity index (χ1) is 11.9. The number of carbonyl (C=O) groups is 1. The van der Waals surface area contributed by atoms with Crippen molar-refractivity contribution in [3.05, 3.63) is 66.0 Å². The topological polar surface area (TPSA) is 66.5 Å². The van der Waals surface area contributed by atoms with Gasteiger partial charge >= 0.3 is 6.03 Å². The van der Waals surface area contributed by atoms with Gasteiger partial charge in [-0.2, -0.15) is 0 Å². The van der Waals surface area contributed by atoms with Gasteiger partial charge in [-0.3, -0.25) is 0 Å². The molecule has 0 aliphatic rings. The fraction of sp³-hybridized carbons (Fsp3) is 0.278. The van der Waals surface area contributed by atoms with Crippen LogP contribution in [-0.2, 0) is 16.4 Å². The van der Waals surface area contributed by atoms with Crippen LogP contribution in [0.1, 0.15) is 12.5 Å². The summed E-state index contributed by atoms with van der Waals surface area (Å²) >= 11 is 0. The number of carbonyl (C=O) groups excluding carboxylic acids is 1. The molecular formula is C18H21FN2O3S. The van der Waals surface area contributed by atoms with Crippen molar-refractivity contribution in [1.82, 2.24) is 10.2 Å². The molecule has 25 heavy (non-hydrogen) atoms. The number of rotatable bonds is 7. The van der Waals surface area contributed by atoms with Crippen LogP contribution in [-0.4, -0.2) is 38.2 Å². The molecular weight excluding hydrogens is 343 g/mol. The number of urea groups is 1. The van der Waals surface area contributed by atoms with Gasteiger partial charge in [-0.25, -0.2) is 17.6 Å². The Balaban J connectivity index is 1.90. The first kappa shape index (κ1) is 18.9. The van der Waals surface area contributed by atoms with Crippen LogP contribution in [0.25, 0.3) is 0 Å². The first-order valence-corrected chi connectivity index (χ1v) is 9.62. The molecule has 134 valence electrons. The van der Waals surface area contributed by atoms with Gasteiger partial charge < -0.3 is 10.2 Å². The SMILES string of the molecule is CCN(Cc1cccc(F)c1)C(=O)NCCS(=O)(=O)c1ccccc1. The van der Waals surface area contributed by atoms with E-state index in [-0.39, 0.29) is 35.6 Å². The average Bonchev–Trinajstić information content (AvgIpc) is 2.60. The zero-order valence-corrected chi connectivity index (χ0v) is 14.8. The molecule has 0 saturated heterocycles. The summed E-state index contributed by atoms with van der Waals surface area (Å²) in [6, 6.07) is 13.8. The molecule has 0 aliphatic carbocycles. The second-order valence-corrected chi connectivity index (χ2v) is 7.62. The third-order valence-corrected chi connectivity index (χ3v) is 5.41. The molecule has 0 aromatic heterocycles. The van der Waals surface area contributed by atoms with Crippen LogP contribution in [0.3, 0.4) is 0 Å². The van der Waals surface area contributed by atoms with Crippen molar-refractivity contribution < 1.29 is 17.6 Å². The van der Waals surface area contributed by atoms with Gasteiger partial charge in [0.1, 0.15) is 5.82 Å². The lowest BCUT2D eigenvalue weighted by Gasteiger charge is -2.21.